The van der Waals surface area contributed by atoms with E-state index in [9.17, 15) is 13.6 Å². The molecule has 1 amide bonds. The minimum absolute atomic E-state index is 0.00609. The Balaban J connectivity index is 1.79. The van der Waals surface area contributed by atoms with E-state index >= 15 is 0 Å². The molecule has 3 nitrogen and oxygen atoms in total. The molecular weight excluding hydrogens is 226 g/mol. The van der Waals surface area contributed by atoms with Crippen LogP contribution in [0.25, 0.3) is 0 Å². The van der Waals surface area contributed by atoms with Crippen molar-refractivity contribution in [2.24, 2.45) is 5.92 Å². The molecule has 1 aromatic rings. The van der Waals surface area contributed by atoms with Crippen LogP contribution in [0.4, 0.5) is 14.5 Å². The number of benzene rings is 1. The zero-order valence-corrected chi connectivity index (χ0v) is 9.30. The van der Waals surface area contributed by atoms with Crippen molar-refractivity contribution in [3.8, 4) is 0 Å². The van der Waals surface area contributed by atoms with E-state index in [4.69, 9.17) is 0 Å². The number of nitrogens with one attached hydrogen (secondary N) is 2. The molecule has 0 spiro atoms. The van der Waals surface area contributed by atoms with Gasteiger partial charge in [0, 0.05) is 6.54 Å². The summed E-state index contributed by atoms with van der Waals surface area (Å²) in [5.74, 6) is -1.48. The Morgan fingerprint density at radius 3 is 2.82 bits per heavy atom. The third-order valence-corrected chi connectivity index (χ3v) is 2.68. The van der Waals surface area contributed by atoms with Crippen molar-refractivity contribution in [1.29, 1.82) is 0 Å². The molecule has 1 saturated carbocycles. The van der Waals surface area contributed by atoms with Crippen LogP contribution < -0.4 is 10.6 Å². The average Bonchev–Trinajstić information content (AvgIpc) is 3.12. The Labute approximate surface area is 98.2 Å². The summed E-state index contributed by atoms with van der Waals surface area (Å²) in [6, 6.07) is 3.82. The van der Waals surface area contributed by atoms with Gasteiger partial charge in [0.1, 0.15) is 0 Å². The molecule has 2 N–H and O–H groups in total. The summed E-state index contributed by atoms with van der Waals surface area (Å²) in [6.07, 6.45) is 2.32. The Kier molecular flexibility index (Phi) is 3.56. The number of halogens is 2. The number of rotatable bonds is 5. The van der Waals surface area contributed by atoms with Crippen molar-refractivity contribution in [2.45, 2.75) is 12.8 Å². The third-order valence-electron chi connectivity index (χ3n) is 2.68. The second kappa shape index (κ2) is 5.12. The number of amides is 1. The summed E-state index contributed by atoms with van der Waals surface area (Å²) in [6.45, 7) is 0.624. The zero-order valence-electron chi connectivity index (χ0n) is 9.30. The Morgan fingerprint density at radius 2 is 2.12 bits per heavy atom. The van der Waals surface area contributed by atoms with Crippen LogP contribution in [0, 0.1) is 17.6 Å². The Morgan fingerprint density at radius 1 is 1.35 bits per heavy atom. The molecule has 92 valence electrons. The average molecular weight is 240 g/mol. The standard InChI is InChI=1S/C12H14F2N2O/c13-9-2-1-3-10(12(9)14)15-7-11(17)16-6-8-4-5-8/h1-3,8,15H,4-7H2,(H,16,17). The van der Waals surface area contributed by atoms with Crippen molar-refractivity contribution in [2.75, 3.05) is 18.4 Å². The van der Waals surface area contributed by atoms with Gasteiger partial charge in [-0.3, -0.25) is 4.79 Å². The van der Waals surface area contributed by atoms with Gasteiger partial charge in [-0.15, -0.1) is 0 Å². The summed E-state index contributed by atoms with van der Waals surface area (Å²) in [5, 5.41) is 5.30. The largest absolute Gasteiger partial charge is 0.374 e. The number of hydrogen-bond acceptors (Lipinski definition) is 2. The van der Waals surface area contributed by atoms with E-state index in [1.165, 1.54) is 12.1 Å². The van der Waals surface area contributed by atoms with Crippen molar-refractivity contribution >= 4 is 11.6 Å². The van der Waals surface area contributed by atoms with Crippen LogP contribution in [-0.2, 0) is 4.79 Å². The molecule has 17 heavy (non-hydrogen) atoms. The van der Waals surface area contributed by atoms with Gasteiger partial charge in [0.15, 0.2) is 11.6 Å². The maximum Gasteiger partial charge on any atom is 0.239 e. The van der Waals surface area contributed by atoms with E-state index in [-0.39, 0.29) is 18.1 Å². The Hall–Kier alpha value is -1.65. The number of anilines is 1. The topological polar surface area (TPSA) is 41.1 Å². The van der Waals surface area contributed by atoms with Gasteiger partial charge < -0.3 is 10.6 Å². The van der Waals surface area contributed by atoms with Gasteiger partial charge in [0.25, 0.3) is 0 Å². The second-order valence-corrected chi connectivity index (χ2v) is 4.20. The number of carbonyl (C=O) groups excluding carboxylic acids is 1. The predicted octanol–water partition coefficient (Wildman–Crippen LogP) is 1.90. The second-order valence-electron chi connectivity index (χ2n) is 4.20. The first-order chi connectivity index (χ1) is 8.16. The molecule has 0 unspecified atom stereocenters. The van der Waals surface area contributed by atoms with Crippen LogP contribution >= 0.6 is 0 Å². The molecule has 0 aliphatic heterocycles. The van der Waals surface area contributed by atoms with Gasteiger partial charge in [-0.2, -0.15) is 0 Å². The summed E-state index contributed by atoms with van der Waals surface area (Å²) < 4.78 is 26.1. The molecule has 0 aromatic heterocycles. The molecule has 1 fully saturated rings. The lowest BCUT2D eigenvalue weighted by molar-refractivity contribution is -0.119. The normalized spacial score (nSPS) is 14.5. The maximum atomic E-state index is 13.2. The molecule has 1 aliphatic rings. The summed E-state index contributed by atoms with van der Waals surface area (Å²) in [5.41, 5.74) is 0.00609. The van der Waals surface area contributed by atoms with Crippen LogP contribution in [0.15, 0.2) is 18.2 Å². The fourth-order valence-corrected chi connectivity index (χ4v) is 1.46. The minimum Gasteiger partial charge on any atom is -0.374 e. The third kappa shape index (κ3) is 3.41. The van der Waals surface area contributed by atoms with E-state index in [1.807, 2.05) is 0 Å². The van der Waals surface area contributed by atoms with Gasteiger partial charge in [0.2, 0.25) is 5.91 Å². The van der Waals surface area contributed by atoms with Crippen molar-refractivity contribution < 1.29 is 13.6 Å². The van der Waals surface area contributed by atoms with Gasteiger partial charge in [-0.05, 0) is 30.9 Å². The van der Waals surface area contributed by atoms with Crippen LogP contribution in [0.1, 0.15) is 12.8 Å². The van der Waals surface area contributed by atoms with Crippen LogP contribution in [0.3, 0.4) is 0 Å². The van der Waals surface area contributed by atoms with E-state index < -0.39 is 11.6 Å². The van der Waals surface area contributed by atoms with E-state index in [1.54, 1.807) is 0 Å². The minimum atomic E-state index is -0.956. The SMILES string of the molecule is O=C(CNc1cccc(F)c1F)NCC1CC1. The van der Waals surface area contributed by atoms with Crippen molar-refractivity contribution in [3.63, 3.8) is 0 Å². The maximum absolute atomic E-state index is 13.2. The van der Waals surface area contributed by atoms with Crippen LogP contribution in [0.5, 0.6) is 0 Å². The first-order valence-electron chi connectivity index (χ1n) is 5.61. The highest BCUT2D eigenvalue weighted by Crippen LogP contribution is 2.27. The first-order valence-corrected chi connectivity index (χ1v) is 5.61. The molecule has 0 radical (unpaired) electrons. The fraction of sp³-hybridized carbons (Fsp3) is 0.417. The molecule has 0 saturated heterocycles. The quantitative estimate of drug-likeness (QED) is 0.825. The molecule has 0 bridgehead atoms. The summed E-state index contributed by atoms with van der Waals surface area (Å²) in [7, 11) is 0. The molecular formula is C12H14F2N2O. The fourth-order valence-electron chi connectivity index (χ4n) is 1.46. The van der Waals surface area contributed by atoms with Gasteiger partial charge in [-0.1, -0.05) is 6.07 Å². The highest BCUT2D eigenvalue weighted by atomic mass is 19.2. The van der Waals surface area contributed by atoms with E-state index in [2.05, 4.69) is 10.6 Å². The van der Waals surface area contributed by atoms with Crippen molar-refractivity contribution in [1.82, 2.24) is 5.32 Å². The van der Waals surface area contributed by atoms with Crippen molar-refractivity contribution in [3.05, 3.63) is 29.8 Å². The lowest BCUT2D eigenvalue weighted by Gasteiger charge is -2.08. The van der Waals surface area contributed by atoms with Gasteiger partial charge >= 0.3 is 0 Å². The van der Waals surface area contributed by atoms with Gasteiger partial charge in [0.05, 0.1) is 12.2 Å². The molecule has 5 heteroatoms. The molecule has 1 aromatic carbocycles. The van der Waals surface area contributed by atoms with E-state index in [0.29, 0.717) is 12.5 Å². The lowest BCUT2D eigenvalue weighted by atomic mass is 10.3. The molecule has 1 aliphatic carbocycles. The lowest BCUT2D eigenvalue weighted by Crippen LogP contribution is -2.31. The molecule has 0 heterocycles. The predicted molar refractivity (Wildman–Crippen MR) is 60.6 cm³/mol. The smallest absolute Gasteiger partial charge is 0.239 e. The van der Waals surface area contributed by atoms with Crippen LogP contribution in [-0.4, -0.2) is 19.0 Å². The highest BCUT2D eigenvalue weighted by Gasteiger charge is 2.21. The summed E-state index contributed by atoms with van der Waals surface area (Å²) in [4.78, 5) is 11.4. The highest BCUT2D eigenvalue weighted by molar-refractivity contribution is 5.80. The first kappa shape index (κ1) is 11.8. The monoisotopic (exact) mass is 240 g/mol. The number of carbonyl (C=O) groups is 1. The molecule has 0 atom stereocenters. The number of hydrogen-bond donors (Lipinski definition) is 2. The van der Waals surface area contributed by atoms with Gasteiger partial charge in [-0.25, -0.2) is 8.78 Å². The zero-order chi connectivity index (χ0) is 12.3. The summed E-state index contributed by atoms with van der Waals surface area (Å²) >= 11 is 0. The van der Waals surface area contributed by atoms with Crippen LogP contribution in [0.2, 0.25) is 0 Å². The van der Waals surface area contributed by atoms with E-state index in [0.717, 1.165) is 18.9 Å². The molecule has 2 rings (SSSR count). The Bertz CT molecular complexity index is 419.